The van der Waals surface area contributed by atoms with Crippen LogP contribution < -0.4 is 0 Å². The van der Waals surface area contributed by atoms with Gasteiger partial charge in [0.25, 0.3) is 0 Å². The van der Waals surface area contributed by atoms with Gasteiger partial charge in [0.15, 0.2) is 0 Å². The lowest BCUT2D eigenvalue weighted by molar-refractivity contribution is 0.645. The zero-order valence-electron chi connectivity index (χ0n) is 8.72. The van der Waals surface area contributed by atoms with Crippen LogP contribution in [-0.2, 0) is 6.42 Å². The molecule has 0 saturated heterocycles. The molecule has 0 unspecified atom stereocenters. The predicted molar refractivity (Wildman–Crippen MR) is 59.6 cm³/mol. The molecule has 0 fully saturated rings. The number of nitrogens with zero attached hydrogens (tertiary/aromatic N) is 1. The van der Waals surface area contributed by atoms with Crippen molar-refractivity contribution in [1.82, 2.24) is 4.98 Å². The molecule has 0 aromatic carbocycles. The maximum Gasteiger partial charge on any atom is 0.121 e. The summed E-state index contributed by atoms with van der Waals surface area (Å²) in [5.74, 6) is 0.540. The molecular weight excluding hydrogens is 192 g/mol. The number of hydrogen-bond donors (Lipinski definition) is 1. The Bertz CT molecular complexity index is 424. The Morgan fingerprint density at radius 3 is 2.71 bits per heavy atom. The molecule has 3 heteroatoms. The van der Waals surface area contributed by atoms with Crippen molar-refractivity contribution in [2.24, 2.45) is 5.92 Å². The van der Waals surface area contributed by atoms with Crippen molar-refractivity contribution in [2.45, 2.75) is 27.2 Å². The summed E-state index contributed by atoms with van der Waals surface area (Å²) in [5, 5.41) is 8.97. The molecule has 0 radical (unpaired) electrons. The van der Waals surface area contributed by atoms with Crippen molar-refractivity contribution >= 4 is 12.2 Å². The van der Waals surface area contributed by atoms with Gasteiger partial charge in [0, 0.05) is 5.69 Å². The molecule has 0 spiro atoms. The van der Waals surface area contributed by atoms with Gasteiger partial charge in [-0.2, -0.15) is 5.26 Å². The topological polar surface area (TPSA) is 39.6 Å². The van der Waals surface area contributed by atoms with Crippen molar-refractivity contribution in [1.29, 1.82) is 5.26 Å². The third-order valence-corrected chi connectivity index (χ3v) is 2.30. The van der Waals surface area contributed by atoms with Gasteiger partial charge in [-0.15, -0.1) is 0 Å². The lowest BCUT2D eigenvalue weighted by atomic mass is 9.99. The van der Waals surface area contributed by atoms with Crippen LogP contribution in [0.25, 0.3) is 0 Å². The van der Waals surface area contributed by atoms with E-state index in [-0.39, 0.29) is 0 Å². The zero-order chi connectivity index (χ0) is 10.7. The van der Waals surface area contributed by atoms with Gasteiger partial charge < -0.3 is 4.98 Å². The number of nitriles is 1. The average molecular weight is 206 g/mol. The van der Waals surface area contributed by atoms with Crippen LogP contribution in [0.15, 0.2) is 6.07 Å². The van der Waals surface area contributed by atoms with E-state index in [1.165, 1.54) is 0 Å². The van der Waals surface area contributed by atoms with E-state index in [9.17, 15) is 0 Å². The summed E-state index contributed by atoms with van der Waals surface area (Å²) in [6.45, 7) is 6.23. The zero-order valence-corrected chi connectivity index (χ0v) is 9.53. The second-order valence-electron chi connectivity index (χ2n) is 3.89. The van der Waals surface area contributed by atoms with Crippen molar-refractivity contribution < 1.29 is 0 Å². The molecule has 0 aliphatic carbocycles. The standard InChI is InChI=1S/C11H14N2S/c1-7(2)4-9-5-8(3)13-11(14)10(9)6-12/h5,7H,4H2,1-3H3,(H,13,14). The number of pyridine rings is 1. The number of rotatable bonds is 2. The summed E-state index contributed by atoms with van der Waals surface area (Å²) in [6, 6.07) is 4.17. The average Bonchev–Trinajstić information content (AvgIpc) is 2.01. The normalized spacial score (nSPS) is 10.2. The largest absolute Gasteiger partial charge is 0.349 e. The van der Waals surface area contributed by atoms with Crippen LogP contribution in [0.4, 0.5) is 0 Å². The van der Waals surface area contributed by atoms with Crippen LogP contribution in [0, 0.1) is 28.8 Å². The summed E-state index contributed by atoms with van der Waals surface area (Å²) < 4.78 is 0.558. The van der Waals surface area contributed by atoms with E-state index in [1.807, 2.05) is 13.0 Å². The second-order valence-corrected chi connectivity index (χ2v) is 4.30. The molecule has 1 N–H and O–H groups in total. The molecule has 2 nitrogen and oxygen atoms in total. The van der Waals surface area contributed by atoms with E-state index in [2.05, 4.69) is 24.9 Å². The molecule has 0 amide bonds. The first-order valence-corrected chi connectivity index (χ1v) is 5.08. The number of H-pyrrole nitrogens is 1. The highest BCUT2D eigenvalue weighted by molar-refractivity contribution is 7.71. The highest BCUT2D eigenvalue weighted by Gasteiger charge is 2.06. The molecule has 74 valence electrons. The van der Waals surface area contributed by atoms with Crippen molar-refractivity contribution in [2.75, 3.05) is 0 Å². The Balaban J connectivity index is 3.27. The second kappa shape index (κ2) is 4.39. The first-order chi connectivity index (χ1) is 6.54. The van der Waals surface area contributed by atoms with Gasteiger partial charge in [0.1, 0.15) is 10.7 Å². The fourth-order valence-corrected chi connectivity index (χ4v) is 1.82. The maximum atomic E-state index is 8.97. The van der Waals surface area contributed by atoms with Gasteiger partial charge in [0.05, 0.1) is 5.56 Å². The number of aromatic amines is 1. The predicted octanol–water partition coefficient (Wildman–Crippen LogP) is 3.12. The number of aryl methyl sites for hydroxylation is 1. The fourth-order valence-electron chi connectivity index (χ4n) is 1.48. The smallest absolute Gasteiger partial charge is 0.121 e. The summed E-state index contributed by atoms with van der Waals surface area (Å²) >= 11 is 5.10. The van der Waals surface area contributed by atoms with Crippen LogP contribution in [0.2, 0.25) is 0 Å². The summed E-state index contributed by atoms with van der Waals surface area (Å²) in [5.41, 5.74) is 2.70. The van der Waals surface area contributed by atoms with E-state index >= 15 is 0 Å². The SMILES string of the molecule is Cc1cc(CC(C)C)c(C#N)c(=S)[nH]1. The van der Waals surface area contributed by atoms with Crippen LogP contribution >= 0.6 is 12.2 Å². The van der Waals surface area contributed by atoms with Gasteiger partial charge in [-0.05, 0) is 30.9 Å². The maximum absolute atomic E-state index is 8.97. The van der Waals surface area contributed by atoms with E-state index in [4.69, 9.17) is 17.5 Å². The molecule has 0 saturated carbocycles. The quantitative estimate of drug-likeness (QED) is 0.755. The summed E-state index contributed by atoms with van der Waals surface area (Å²) in [7, 11) is 0. The highest BCUT2D eigenvalue weighted by atomic mass is 32.1. The van der Waals surface area contributed by atoms with Crippen LogP contribution in [0.5, 0.6) is 0 Å². The fraction of sp³-hybridized carbons (Fsp3) is 0.455. The first-order valence-electron chi connectivity index (χ1n) is 4.67. The molecular formula is C11H14N2S. The molecule has 1 aromatic heterocycles. The number of aromatic nitrogens is 1. The molecule has 0 aliphatic heterocycles. The van der Waals surface area contributed by atoms with E-state index < -0.39 is 0 Å². The van der Waals surface area contributed by atoms with Gasteiger partial charge in [-0.25, -0.2) is 0 Å². The van der Waals surface area contributed by atoms with E-state index in [0.29, 0.717) is 16.1 Å². The van der Waals surface area contributed by atoms with E-state index in [0.717, 1.165) is 17.7 Å². The third kappa shape index (κ3) is 2.43. The minimum absolute atomic E-state index is 0.540. The Morgan fingerprint density at radius 2 is 2.21 bits per heavy atom. The van der Waals surface area contributed by atoms with Crippen molar-refractivity contribution in [3.05, 3.63) is 27.5 Å². The van der Waals surface area contributed by atoms with Gasteiger partial charge in [-0.3, -0.25) is 0 Å². The lowest BCUT2D eigenvalue weighted by Gasteiger charge is -2.08. The van der Waals surface area contributed by atoms with Gasteiger partial charge >= 0.3 is 0 Å². The summed E-state index contributed by atoms with van der Waals surface area (Å²) in [6.07, 6.45) is 0.905. The number of nitrogens with one attached hydrogen (secondary N) is 1. The van der Waals surface area contributed by atoms with Gasteiger partial charge in [-0.1, -0.05) is 26.1 Å². The molecule has 1 aromatic rings. The Hall–Kier alpha value is -1.14. The molecule has 0 aliphatic rings. The van der Waals surface area contributed by atoms with E-state index in [1.54, 1.807) is 0 Å². The highest BCUT2D eigenvalue weighted by Crippen LogP contribution is 2.14. The molecule has 0 bridgehead atoms. The first kappa shape index (κ1) is 10.9. The molecule has 14 heavy (non-hydrogen) atoms. The van der Waals surface area contributed by atoms with Crippen LogP contribution in [0.1, 0.15) is 30.7 Å². The molecule has 0 atom stereocenters. The van der Waals surface area contributed by atoms with Crippen LogP contribution in [0.3, 0.4) is 0 Å². The number of hydrogen-bond acceptors (Lipinski definition) is 2. The Kier molecular flexibility index (Phi) is 3.43. The minimum Gasteiger partial charge on any atom is -0.349 e. The Labute approximate surface area is 89.6 Å². The monoisotopic (exact) mass is 206 g/mol. The minimum atomic E-state index is 0.540. The summed E-state index contributed by atoms with van der Waals surface area (Å²) in [4.78, 5) is 3.00. The third-order valence-electron chi connectivity index (χ3n) is 1.99. The van der Waals surface area contributed by atoms with Gasteiger partial charge in [0.2, 0.25) is 0 Å². The lowest BCUT2D eigenvalue weighted by Crippen LogP contribution is -2.00. The molecule has 1 heterocycles. The van der Waals surface area contributed by atoms with Crippen molar-refractivity contribution in [3.8, 4) is 6.07 Å². The van der Waals surface area contributed by atoms with Crippen LogP contribution in [-0.4, -0.2) is 4.98 Å². The van der Waals surface area contributed by atoms with Crippen molar-refractivity contribution in [3.63, 3.8) is 0 Å². The molecule has 1 rings (SSSR count). The Morgan fingerprint density at radius 1 is 1.57 bits per heavy atom.